The number of thioether (sulfide) groups is 1. The molecular formula is C23H31NO5S2. The Balaban J connectivity index is 2.22. The molecule has 2 aromatic rings. The van der Waals surface area contributed by atoms with E-state index in [1.54, 1.807) is 23.9 Å². The first kappa shape index (κ1) is 25.2. The number of hydrogen-bond donors (Lipinski definition) is 0. The van der Waals surface area contributed by atoms with Gasteiger partial charge in [-0.2, -0.15) is 16.1 Å². The first-order valence-electron chi connectivity index (χ1n) is 10.1. The third-order valence-electron chi connectivity index (χ3n) is 4.68. The maximum Gasteiger partial charge on any atom is 0.324 e. The molecule has 8 heteroatoms. The maximum absolute atomic E-state index is 13.5. The average Bonchev–Trinajstić information content (AvgIpc) is 2.78. The lowest BCUT2D eigenvalue weighted by Crippen LogP contribution is -2.47. The molecule has 170 valence electrons. The van der Waals surface area contributed by atoms with Crippen LogP contribution in [0.15, 0.2) is 59.5 Å². The third kappa shape index (κ3) is 7.26. The molecule has 2 aromatic carbocycles. The van der Waals surface area contributed by atoms with Crippen LogP contribution in [0, 0.1) is 5.92 Å². The Morgan fingerprint density at radius 1 is 1.03 bits per heavy atom. The van der Waals surface area contributed by atoms with Crippen LogP contribution in [0.4, 0.5) is 0 Å². The van der Waals surface area contributed by atoms with Crippen LogP contribution in [0.25, 0.3) is 0 Å². The fraction of sp³-hybridized carbons (Fsp3) is 0.435. The van der Waals surface area contributed by atoms with E-state index in [0.29, 0.717) is 17.9 Å². The Labute approximate surface area is 190 Å². The van der Waals surface area contributed by atoms with Gasteiger partial charge < -0.3 is 9.47 Å². The molecule has 0 radical (unpaired) electrons. The van der Waals surface area contributed by atoms with Crippen molar-refractivity contribution < 1.29 is 22.7 Å². The van der Waals surface area contributed by atoms with Crippen LogP contribution in [0.1, 0.15) is 25.8 Å². The van der Waals surface area contributed by atoms with Gasteiger partial charge in [0.1, 0.15) is 11.8 Å². The van der Waals surface area contributed by atoms with Crippen LogP contribution in [-0.2, 0) is 25.3 Å². The second-order valence-electron chi connectivity index (χ2n) is 7.51. The smallest absolute Gasteiger partial charge is 0.324 e. The molecule has 0 aliphatic carbocycles. The number of methoxy groups -OCH3 is 2. The lowest BCUT2D eigenvalue weighted by atomic mass is 10.1. The molecular weight excluding hydrogens is 434 g/mol. The fourth-order valence-electron chi connectivity index (χ4n) is 3.11. The number of ether oxygens (including phenoxy) is 2. The molecule has 0 amide bonds. The van der Waals surface area contributed by atoms with E-state index in [4.69, 9.17) is 9.47 Å². The quantitative estimate of drug-likeness (QED) is 0.345. The van der Waals surface area contributed by atoms with Crippen LogP contribution in [0.2, 0.25) is 0 Å². The van der Waals surface area contributed by atoms with Crippen molar-refractivity contribution in [1.29, 1.82) is 0 Å². The molecule has 2 rings (SSSR count). The Kier molecular flexibility index (Phi) is 9.87. The topological polar surface area (TPSA) is 72.9 Å². The minimum atomic E-state index is -3.90. The van der Waals surface area contributed by atoms with Gasteiger partial charge in [0.25, 0.3) is 0 Å². The highest BCUT2D eigenvalue weighted by Crippen LogP contribution is 2.25. The van der Waals surface area contributed by atoms with Crippen molar-refractivity contribution in [2.75, 3.05) is 26.5 Å². The molecule has 0 bridgehead atoms. The number of carbonyl (C=O) groups excluding carboxylic acids is 1. The lowest BCUT2D eigenvalue weighted by Gasteiger charge is -2.30. The van der Waals surface area contributed by atoms with Gasteiger partial charge in [-0.05, 0) is 47.9 Å². The summed E-state index contributed by atoms with van der Waals surface area (Å²) in [6.07, 6.45) is 0.367. The Morgan fingerprint density at radius 3 is 2.23 bits per heavy atom. The Hall–Kier alpha value is -2.03. The predicted octanol–water partition coefficient (Wildman–Crippen LogP) is 4.21. The fourth-order valence-corrected chi connectivity index (χ4v) is 5.84. The van der Waals surface area contributed by atoms with Gasteiger partial charge in [-0.1, -0.05) is 44.2 Å². The van der Waals surface area contributed by atoms with Gasteiger partial charge in [0.05, 0.1) is 19.1 Å². The standard InChI is InChI=1S/C23H31NO5S2/c1-18(2)16-24(31(26,27)21-12-10-20(28-3)11-13-21)22(23(25)29-4)14-15-30-17-19-8-6-5-7-9-19/h5-13,18,22H,14-17H2,1-4H3. The third-order valence-corrected chi connectivity index (χ3v) is 7.63. The molecule has 0 saturated carbocycles. The highest BCUT2D eigenvalue weighted by atomic mass is 32.2. The zero-order valence-electron chi connectivity index (χ0n) is 18.5. The van der Waals surface area contributed by atoms with Crippen molar-refractivity contribution in [3.05, 3.63) is 60.2 Å². The number of nitrogens with zero attached hydrogens (tertiary/aromatic N) is 1. The summed E-state index contributed by atoms with van der Waals surface area (Å²) in [5, 5.41) is 0. The summed E-state index contributed by atoms with van der Waals surface area (Å²) >= 11 is 1.66. The molecule has 0 saturated heterocycles. The molecule has 0 N–H and O–H groups in total. The summed E-state index contributed by atoms with van der Waals surface area (Å²) in [4.78, 5) is 12.7. The van der Waals surface area contributed by atoms with Crippen LogP contribution in [0.3, 0.4) is 0 Å². The zero-order valence-corrected chi connectivity index (χ0v) is 20.1. The minimum absolute atomic E-state index is 0.0390. The van der Waals surface area contributed by atoms with E-state index in [0.717, 1.165) is 5.75 Å². The van der Waals surface area contributed by atoms with Crippen LogP contribution in [0.5, 0.6) is 5.75 Å². The van der Waals surface area contributed by atoms with E-state index in [2.05, 4.69) is 0 Å². The molecule has 0 heterocycles. The highest BCUT2D eigenvalue weighted by molar-refractivity contribution is 7.98. The van der Waals surface area contributed by atoms with Gasteiger partial charge >= 0.3 is 5.97 Å². The number of rotatable bonds is 12. The van der Waals surface area contributed by atoms with Crippen molar-refractivity contribution in [1.82, 2.24) is 4.31 Å². The summed E-state index contributed by atoms with van der Waals surface area (Å²) in [6.45, 7) is 4.07. The van der Waals surface area contributed by atoms with E-state index in [1.165, 1.54) is 36.2 Å². The minimum Gasteiger partial charge on any atom is -0.497 e. The van der Waals surface area contributed by atoms with Crippen molar-refractivity contribution in [3.8, 4) is 5.75 Å². The molecule has 0 aromatic heterocycles. The van der Waals surface area contributed by atoms with E-state index in [9.17, 15) is 13.2 Å². The maximum atomic E-state index is 13.5. The molecule has 31 heavy (non-hydrogen) atoms. The largest absolute Gasteiger partial charge is 0.497 e. The molecule has 0 fully saturated rings. The van der Waals surface area contributed by atoms with E-state index in [-0.39, 0.29) is 17.4 Å². The van der Waals surface area contributed by atoms with Crippen molar-refractivity contribution in [2.24, 2.45) is 5.92 Å². The molecule has 0 aliphatic rings. The van der Waals surface area contributed by atoms with Gasteiger partial charge in [-0.15, -0.1) is 0 Å². The van der Waals surface area contributed by atoms with Crippen molar-refractivity contribution >= 4 is 27.8 Å². The first-order chi connectivity index (χ1) is 14.8. The summed E-state index contributed by atoms with van der Waals surface area (Å²) in [7, 11) is -1.08. The average molecular weight is 466 g/mol. The normalized spacial score (nSPS) is 12.7. The number of benzene rings is 2. The second-order valence-corrected chi connectivity index (χ2v) is 10.5. The van der Waals surface area contributed by atoms with Crippen LogP contribution >= 0.6 is 11.8 Å². The molecule has 0 spiro atoms. The summed E-state index contributed by atoms with van der Waals surface area (Å²) in [5.74, 6) is 1.48. The summed E-state index contributed by atoms with van der Waals surface area (Å²) < 4.78 is 38.3. The van der Waals surface area contributed by atoms with Gasteiger partial charge in [-0.3, -0.25) is 4.79 Å². The first-order valence-corrected chi connectivity index (χ1v) is 12.7. The lowest BCUT2D eigenvalue weighted by molar-refractivity contribution is -0.145. The van der Waals surface area contributed by atoms with Crippen LogP contribution < -0.4 is 4.74 Å². The summed E-state index contributed by atoms with van der Waals surface area (Å²) in [6, 6.07) is 15.3. The second kappa shape index (κ2) is 12.1. The zero-order chi connectivity index (χ0) is 22.9. The number of esters is 1. The van der Waals surface area contributed by atoms with Crippen molar-refractivity contribution in [3.63, 3.8) is 0 Å². The predicted molar refractivity (Wildman–Crippen MR) is 125 cm³/mol. The van der Waals surface area contributed by atoms with E-state index >= 15 is 0 Å². The van der Waals surface area contributed by atoms with Crippen LogP contribution in [-0.4, -0.2) is 51.3 Å². The molecule has 6 nitrogen and oxygen atoms in total. The highest BCUT2D eigenvalue weighted by Gasteiger charge is 2.36. The molecule has 0 aliphatic heterocycles. The Bertz CT molecular complexity index is 915. The number of sulfonamides is 1. The van der Waals surface area contributed by atoms with Gasteiger partial charge in [-0.25, -0.2) is 8.42 Å². The summed E-state index contributed by atoms with van der Waals surface area (Å²) in [5.41, 5.74) is 1.19. The van der Waals surface area contributed by atoms with Gasteiger partial charge in [0.2, 0.25) is 10.0 Å². The van der Waals surface area contributed by atoms with E-state index < -0.39 is 22.0 Å². The van der Waals surface area contributed by atoms with Gasteiger partial charge in [0.15, 0.2) is 0 Å². The van der Waals surface area contributed by atoms with E-state index in [1.807, 2.05) is 44.2 Å². The monoisotopic (exact) mass is 465 g/mol. The van der Waals surface area contributed by atoms with Crippen molar-refractivity contribution in [2.45, 2.75) is 37.0 Å². The number of carbonyl (C=O) groups is 1. The molecule has 1 unspecified atom stereocenters. The SMILES string of the molecule is COC(=O)C(CCSCc1ccccc1)N(CC(C)C)S(=O)(=O)c1ccc(OC)cc1. The molecule has 1 atom stereocenters. The number of hydrogen-bond acceptors (Lipinski definition) is 6. The van der Waals surface area contributed by atoms with Gasteiger partial charge in [0, 0.05) is 12.3 Å². The Morgan fingerprint density at radius 2 is 1.68 bits per heavy atom.